The molecule has 1 aromatic carbocycles. The van der Waals surface area contributed by atoms with Crippen molar-refractivity contribution in [2.75, 3.05) is 5.43 Å². The third-order valence-electron chi connectivity index (χ3n) is 2.87. The molecule has 0 bridgehead atoms. The number of nitro groups is 1. The van der Waals surface area contributed by atoms with Crippen molar-refractivity contribution in [2.24, 2.45) is 5.10 Å². The Morgan fingerprint density at radius 2 is 2.18 bits per heavy atom. The number of furan rings is 1. The summed E-state index contributed by atoms with van der Waals surface area (Å²) in [7, 11) is 0. The van der Waals surface area contributed by atoms with Gasteiger partial charge in [-0.15, -0.1) is 0 Å². The lowest BCUT2D eigenvalue weighted by Gasteiger charge is -2.04. The van der Waals surface area contributed by atoms with Crippen LogP contribution in [0.3, 0.4) is 0 Å². The van der Waals surface area contributed by atoms with E-state index in [9.17, 15) is 10.1 Å². The number of pyridine rings is 1. The van der Waals surface area contributed by atoms with E-state index in [4.69, 9.17) is 16.0 Å². The van der Waals surface area contributed by atoms with Gasteiger partial charge in [0.15, 0.2) is 5.76 Å². The molecule has 0 atom stereocenters. The highest BCUT2D eigenvalue weighted by atomic mass is 35.5. The SMILES string of the molecule is O=[N+]([O-])c1ccc(/C=N/Nc2ccnc3cc(Cl)ccc23)o1. The highest BCUT2D eigenvalue weighted by molar-refractivity contribution is 6.31. The van der Waals surface area contributed by atoms with Crippen molar-refractivity contribution in [3.05, 3.63) is 63.5 Å². The topological polar surface area (TPSA) is 93.6 Å². The fraction of sp³-hybridized carbons (Fsp3) is 0. The van der Waals surface area contributed by atoms with Gasteiger partial charge in [0.25, 0.3) is 0 Å². The summed E-state index contributed by atoms with van der Waals surface area (Å²) in [5, 5.41) is 16.0. The molecule has 0 fully saturated rings. The standard InChI is InChI=1S/C14H9ClN4O3/c15-9-1-3-11-12(5-6-16-13(11)7-9)18-17-8-10-2-4-14(22-10)19(20)21/h1-8H,(H,16,18)/b17-8+. The molecule has 0 saturated carbocycles. The molecule has 3 aromatic rings. The molecule has 0 amide bonds. The summed E-state index contributed by atoms with van der Waals surface area (Å²) in [5.74, 6) is -0.0499. The monoisotopic (exact) mass is 316 g/mol. The Morgan fingerprint density at radius 1 is 1.32 bits per heavy atom. The molecule has 8 heteroatoms. The van der Waals surface area contributed by atoms with Crippen LogP contribution in [0.5, 0.6) is 0 Å². The van der Waals surface area contributed by atoms with E-state index in [-0.39, 0.29) is 11.6 Å². The van der Waals surface area contributed by atoms with E-state index in [2.05, 4.69) is 15.5 Å². The Balaban J connectivity index is 1.81. The molecule has 0 saturated heterocycles. The Kier molecular flexibility index (Phi) is 3.71. The first-order chi connectivity index (χ1) is 10.6. The molecule has 0 spiro atoms. The van der Waals surface area contributed by atoms with Gasteiger partial charge >= 0.3 is 5.88 Å². The molecule has 110 valence electrons. The first-order valence-corrected chi connectivity index (χ1v) is 6.59. The maximum atomic E-state index is 10.5. The number of nitrogens with zero attached hydrogens (tertiary/aromatic N) is 3. The zero-order chi connectivity index (χ0) is 15.5. The lowest BCUT2D eigenvalue weighted by molar-refractivity contribution is -0.402. The summed E-state index contributed by atoms with van der Waals surface area (Å²) in [6.07, 6.45) is 2.99. The average Bonchev–Trinajstić information content (AvgIpc) is 2.96. The van der Waals surface area contributed by atoms with Gasteiger partial charge in [0.1, 0.15) is 4.92 Å². The minimum atomic E-state index is -0.606. The minimum absolute atomic E-state index is 0.278. The second-order valence-corrected chi connectivity index (χ2v) is 4.76. The van der Waals surface area contributed by atoms with Crippen molar-refractivity contribution >= 4 is 40.3 Å². The van der Waals surface area contributed by atoms with Crippen molar-refractivity contribution in [2.45, 2.75) is 0 Å². The van der Waals surface area contributed by atoms with Crippen LogP contribution in [0.1, 0.15) is 5.76 Å². The van der Waals surface area contributed by atoms with E-state index in [0.717, 1.165) is 16.6 Å². The van der Waals surface area contributed by atoms with Crippen LogP contribution < -0.4 is 5.43 Å². The summed E-state index contributed by atoms with van der Waals surface area (Å²) >= 11 is 5.93. The lowest BCUT2D eigenvalue weighted by Crippen LogP contribution is -1.92. The third kappa shape index (κ3) is 2.89. The molecule has 2 heterocycles. The van der Waals surface area contributed by atoms with Crippen molar-refractivity contribution in [3.63, 3.8) is 0 Å². The summed E-state index contributed by atoms with van der Waals surface area (Å²) in [4.78, 5) is 14.1. The largest absolute Gasteiger partial charge is 0.433 e. The summed E-state index contributed by atoms with van der Waals surface area (Å²) in [5.41, 5.74) is 4.32. The number of benzene rings is 1. The summed E-state index contributed by atoms with van der Waals surface area (Å²) in [6.45, 7) is 0. The third-order valence-corrected chi connectivity index (χ3v) is 3.11. The molecule has 2 aromatic heterocycles. The first kappa shape index (κ1) is 14.0. The molecule has 3 rings (SSSR count). The molecular weight excluding hydrogens is 308 g/mol. The van der Waals surface area contributed by atoms with Gasteiger partial charge in [0.05, 0.1) is 23.5 Å². The number of halogens is 1. The quantitative estimate of drug-likeness (QED) is 0.448. The van der Waals surface area contributed by atoms with Gasteiger partial charge in [-0.25, -0.2) is 0 Å². The highest BCUT2D eigenvalue weighted by Gasteiger charge is 2.10. The molecule has 0 unspecified atom stereocenters. The second-order valence-electron chi connectivity index (χ2n) is 4.32. The van der Waals surface area contributed by atoms with Crippen LogP contribution in [0, 0.1) is 10.1 Å². The number of anilines is 1. The number of hydrogen-bond acceptors (Lipinski definition) is 6. The zero-order valence-corrected chi connectivity index (χ0v) is 11.8. The smallest absolute Gasteiger partial charge is 0.400 e. The van der Waals surface area contributed by atoms with E-state index >= 15 is 0 Å². The number of rotatable bonds is 4. The van der Waals surface area contributed by atoms with Gasteiger partial charge < -0.3 is 4.42 Å². The molecule has 0 aliphatic carbocycles. The molecule has 0 radical (unpaired) electrons. The van der Waals surface area contributed by atoms with E-state index in [1.165, 1.54) is 18.3 Å². The Labute approximate surface area is 129 Å². The predicted octanol–water partition coefficient (Wildman–Crippen LogP) is 3.84. The molecular formula is C14H9ClN4O3. The lowest BCUT2D eigenvalue weighted by atomic mass is 10.2. The predicted molar refractivity (Wildman–Crippen MR) is 83.3 cm³/mol. The van der Waals surface area contributed by atoms with E-state index in [1.54, 1.807) is 24.4 Å². The molecule has 0 aliphatic heterocycles. The van der Waals surface area contributed by atoms with Crippen LogP contribution in [0.15, 0.2) is 52.1 Å². The summed E-state index contributed by atoms with van der Waals surface area (Å²) in [6, 6.07) is 9.84. The molecule has 7 nitrogen and oxygen atoms in total. The normalized spacial score (nSPS) is 11.1. The van der Waals surface area contributed by atoms with Gasteiger partial charge in [0, 0.05) is 16.6 Å². The summed E-state index contributed by atoms with van der Waals surface area (Å²) < 4.78 is 4.97. The number of nitrogens with one attached hydrogen (secondary N) is 1. The van der Waals surface area contributed by atoms with E-state index < -0.39 is 4.92 Å². The molecule has 22 heavy (non-hydrogen) atoms. The van der Waals surface area contributed by atoms with Crippen LogP contribution in [0.2, 0.25) is 5.02 Å². The molecule has 0 aliphatic rings. The Hall–Kier alpha value is -2.93. The van der Waals surface area contributed by atoms with Crippen molar-refractivity contribution < 1.29 is 9.34 Å². The maximum Gasteiger partial charge on any atom is 0.433 e. The fourth-order valence-corrected chi connectivity index (χ4v) is 2.06. The minimum Gasteiger partial charge on any atom is -0.400 e. The van der Waals surface area contributed by atoms with Crippen LogP contribution in [0.4, 0.5) is 11.6 Å². The fourth-order valence-electron chi connectivity index (χ4n) is 1.89. The van der Waals surface area contributed by atoms with Crippen molar-refractivity contribution in [1.82, 2.24) is 4.98 Å². The van der Waals surface area contributed by atoms with E-state index in [0.29, 0.717) is 5.02 Å². The number of hydrogen-bond donors (Lipinski definition) is 1. The second kappa shape index (κ2) is 5.82. The van der Waals surface area contributed by atoms with Crippen LogP contribution in [-0.2, 0) is 0 Å². The number of aromatic nitrogens is 1. The van der Waals surface area contributed by atoms with Crippen molar-refractivity contribution in [1.29, 1.82) is 0 Å². The van der Waals surface area contributed by atoms with Gasteiger partial charge in [-0.3, -0.25) is 20.5 Å². The Bertz CT molecular complexity index is 875. The zero-order valence-electron chi connectivity index (χ0n) is 11.1. The van der Waals surface area contributed by atoms with Crippen LogP contribution in [0.25, 0.3) is 10.9 Å². The van der Waals surface area contributed by atoms with Gasteiger partial charge in [-0.05, 0) is 30.3 Å². The first-order valence-electron chi connectivity index (χ1n) is 6.21. The number of fused-ring (bicyclic) bond motifs is 1. The van der Waals surface area contributed by atoms with Gasteiger partial charge in [0.2, 0.25) is 0 Å². The van der Waals surface area contributed by atoms with E-state index in [1.807, 2.05) is 6.07 Å². The highest BCUT2D eigenvalue weighted by Crippen LogP contribution is 2.24. The Morgan fingerprint density at radius 3 is 2.95 bits per heavy atom. The van der Waals surface area contributed by atoms with Gasteiger partial charge in [-0.1, -0.05) is 11.6 Å². The van der Waals surface area contributed by atoms with Gasteiger partial charge in [-0.2, -0.15) is 5.10 Å². The van der Waals surface area contributed by atoms with Crippen molar-refractivity contribution in [3.8, 4) is 0 Å². The maximum absolute atomic E-state index is 10.5. The van der Waals surface area contributed by atoms with Crippen LogP contribution in [-0.4, -0.2) is 16.1 Å². The molecule has 1 N–H and O–H groups in total. The average molecular weight is 317 g/mol. The van der Waals surface area contributed by atoms with Crippen LogP contribution >= 0.6 is 11.6 Å². The number of hydrazone groups is 1.